The Labute approximate surface area is 189 Å². The van der Waals surface area contributed by atoms with E-state index in [1.54, 1.807) is 6.07 Å². The number of benzene rings is 2. The highest BCUT2D eigenvalue weighted by molar-refractivity contribution is 5.97. The number of nitrogens with one attached hydrogen (secondary N) is 2. The summed E-state index contributed by atoms with van der Waals surface area (Å²) in [5, 5.41) is 5.60. The summed E-state index contributed by atoms with van der Waals surface area (Å²) in [6, 6.07) is 13.2. The molecule has 0 saturated carbocycles. The van der Waals surface area contributed by atoms with Crippen LogP contribution in [0.1, 0.15) is 35.3 Å². The third-order valence-electron chi connectivity index (χ3n) is 5.81. The Morgan fingerprint density at radius 2 is 1.69 bits per heavy atom. The first kappa shape index (κ1) is 23.9. The van der Waals surface area contributed by atoms with Crippen molar-refractivity contribution in [3.05, 3.63) is 71.0 Å². The van der Waals surface area contributed by atoms with Crippen molar-refractivity contribution in [2.24, 2.45) is 5.92 Å². The van der Waals surface area contributed by atoms with Gasteiger partial charge in [-0.1, -0.05) is 50.2 Å². The Morgan fingerprint density at radius 1 is 1.00 bits per heavy atom. The average Bonchev–Trinajstić information content (AvgIpc) is 2.77. The Kier molecular flexibility index (Phi) is 8.36. The maximum absolute atomic E-state index is 13.9. The van der Waals surface area contributed by atoms with E-state index < -0.39 is 17.8 Å². The molecular weight excluding hydrogens is 407 g/mol. The zero-order valence-electron chi connectivity index (χ0n) is 19.1. The minimum absolute atomic E-state index is 0.0671. The fraction of sp³-hybridized carbons (Fsp3) is 0.440. The number of nitrogens with zero attached hydrogens (tertiary/aromatic N) is 2. The molecule has 32 heavy (non-hydrogen) atoms. The van der Waals surface area contributed by atoms with Crippen molar-refractivity contribution >= 4 is 11.8 Å². The SMILES string of the molecule is CC(C)C(NC(=O)c1ccccc1F)C(=O)NCc1cccc(CN2CCN(C)CC2)c1. The van der Waals surface area contributed by atoms with Crippen LogP contribution in [0.15, 0.2) is 48.5 Å². The Hall–Kier alpha value is -2.77. The lowest BCUT2D eigenvalue weighted by Gasteiger charge is -2.32. The molecular formula is C25H33FN4O2. The highest BCUT2D eigenvalue weighted by atomic mass is 19.1. The lowest BCUT2D eigenvalue weighted by Crippen LogP contribution is -2.49. The van der Waals surface area contributed by atoms with Gasteiger partial charge in [-0.05, 0) is 36.2 Å². The van der Waals surface area contributed by atoms with Gasteiger partial charge in [-0.2, -0.15) is 0 Å². The van der Waals surface area contributed by atoms with Gasteiger partial charge in [-0.3, -0.25) is 14.5 Å². The Bertz CT molecular complexity index is 926. The lowest BCUT2D eigenvalue weighted by molar-refractivity contribution is -0.124. The highest BCUT2D eigenvalue weighted by Gasteiger charge is 2.25. The fourth-order valence-electron chi connectivity index (χ4n) is 3.80. The van der Waals surface area contributed by atoms with E-state index in [0.29, 0.717) is 6.54 Å². The standard InChI is InChI=1S/C25H33FN4O2/c1-18(2)23(28-24(31)21-9-4-5-10-22(21)26)25(32)27-16-19-7-6-8-20(15-19)17-30-13-11-29(3)12-14-30/h4-10,15,18,23H,11-14,16-17H2,1-3H3,(H,27,32)(H,28,31). The molecule has 1 fully saturated rings. The van der Waals surface area contributed by atoms with Crippen molar-refractivity contribution in [2.45, 2.75) is 33.0 Å². The second-order valence-electron chi connectivity index (χ2n) is 8.79. The summed E-state index contributed by atoms with van der Waals surface area (Å²) in [4.78, 5) is 30.1. The van der Waals surface area contributed by atoms with Gasteiger partial charge in [0.2, 0.25) is 5.91 Å². The lowest BCUT2D eigenvalue weighted by atomic mass is 10.0. The summed E-state index contributed by atoms with van der Waals surface area (Å²) in [6.45, 7) is 9.21. The second kappa shape index (κ2) is 11.2. The Balaban J connectivity index is 1.57. The number of carbonyl (C=O) groups is 2. The molecule has 2 amide bonds. The largest absolute Gasteiger partial charge is 0.350 e. The molecule has 1 unspecified atom stereocenters. The predicted octanol–water partition coefficient (Wildman–Crippen LogP) is 2.64. The van der Waals surface area contributed by atoms with E-state index in [2.05, 4.69) is 39.6 Å². The van der Waals surface area contributed by atoms with Gasteiger partial charge in [0, 0.05) is 39.3 Å². The molecule has 0 aliphatic carbocycles. The molecule has 1 aliphatic rings. The van der Waals surface area contributed by atoms with Crippen LogP contribution in [0, 0.1) is 11.7 Å². The van der Waals surface area contributed by atoms with E-state index in [1.165, 1.54) is 23.8 Å². The quantitative estimate of drug-likeness (QED) is 0.663. The first-order chi connectivity index (χ1) is 15.3. The van der Waals surface area contributed by atoms with Gasteiger partial charge in [0.25, 0.3) is 5.91 Å². The molecule has 1 saturated heterocycles. The maximum atomic E-state index is 13.9. The molecule has 6 nitrogen and oxygen atoms in total. The summed E-state index contributed by atoms with van der Waals surface area (Å²) < 4.78 is 13.9. The van der Waals surface area contributed by atoms with Gasteiger partial charge in [0.1, 0.15) is 11.9 Å². The van der Waals surface area contributed by atoms with Crippen LogP contribution >= 0.6 is 0 Å². The van der Waals surface area contributed by atoms with E-state index in [0.717, 1.165) is 38.3 Å². The molecule has 0 aromatic heterocycles. The zero-order valence-corrected chi connectivity index (χ0v) is 19.1. The first-order valence-corrected chi connectivity index (χ1v) is 11.2. The number of carbonyl (C=O) groups excluding carboxylic acids is 2. The molecule has 0 bridgehead atoms. The van der Waals surface area contributed by atoms with Crippen molar-refractivity contribution in [3.63, 3.8) is 0 Å². The van der Waals surface area contributed by atoms with Gasteiger partial charge in [-0.15, -0.1) is 0 Å². The number of rotatable bonds is 8. The molecule has 2 N–H and O–H groups in total. The van der Waals surface area contributed by atoms with Crippen LogP contribution in [-0.2, 0) is 17.9 Å². The molecule has 0 spiro atoms. The molecule has 172 valence electrons. The van der Waals surface area contributed by atoms with Crippen LogP contribution in [0.5, 0.6) is 0 Å². The van der Waals surface area contributed by atoms with Gasteiger partial charge in [0.05, 0.1) is 5.56 Å². The van der Waals surface area contributed by atoms with Crippen molar-refractivity contribution in [2.75, 3.05) is 33.2 Å². The first-order valence-electron chi connectivity index (χ1n) is 11.2. The molecule has 0 radical (unpaired) electrons. The summed E-state index contributed by atoms with van der Waals surface area (Å²) in [7, 11) is 2.14. The Morgan fingerprint density at radius 3 is 2.38 bits per heavy atom. The van der Waals surface area contributed by atoms with Crippen LogP contribution in [0.4, 0.5) is 4.39 Å². The molecule has 1 atom stereocenters. The van der Waals surface area contributed by atoms with Gasteiger partial charge in [-0.25, -0.2) is 4.39 Å². The number of likely N-dealkylation sites (N-methyl/N-ethyl adjacent to an activating group) is 1. The minimum atomic E-state index is -0.754. The normalized spacial score (nSPS) is 16.0. The highest BCUT2D eigenvalue weighted by Crippen LogP contribution is 2.12. The molecule has 1 aliphatic heterocycles. The summed E-state index contributed by atoms with van der Waals surface area (Å²) in [5.41, 5.74) is 2.16. The maximum Gasteiger partial charge on any atom is 0.254 e. The zero-order chi connectivity index (χ0) is 23.1. The summed E-state index contributed by atoms with van der Waals surface area (Å²) in [5.74, 6) is -1.63. The number of hydrogen-bond acceptors (Lipinski definition) is 4. The number of piperazine rings is 1. The number of hydrogen-bond donors (Lipinski definition) is 2. The average molecular weight is 441 g/mol. The van der Waals surface area contributed by atoms with Gasteiger partial charge < -0.3 is 15.5 Å². The van der Waals surface area contributed by atoms with E-state index in [-0.39, 0.29) is 17.4 Å². The van der Waals surface area contributed by atoms with Crippen LogP contribution in [0.25, 0.3) is 0 Å². The van der Waals surface area contributed by atoms with E-state index in [4.69, 9.17) is 0 Å². The van der Waals surface area contributed by atoms with Gasteiger partial charge >= 0.3 is 0 Å². The second-order valence-corrected chi connectivity index (χ2v) is 8.79. The van der Waals surface area contributed by atoms with Crippen molar-refractivity contribution in [1.82, 2.24) is 20.4 Å². The van der Waals surface area contributed by atoms with Crippen molar-refractivity contribution < 1.29 is 14.0 Å². The topological polar surface area (TPSA) is 64.7 Å². The third kappa shape index (κ3) is 6.61. The van der Waals surface area contributed by atoms with Gasteiger partial charge in [0.15, 0.2) is 0 Å². The van der Waals surface area contributed by atoms with E-state index >= 15 is 0 Å². The third-order valence-corrected chi connectivity index (χ3v) is 5.81. The summed E-state index contributed by atoms with van der Waals surface area (Å²) in [6.07, 6.45) is 0. The number of amides is 2. The van der Waals surface area contributed by atoms with Crippen LogP contribution in [0.2, 0.25) is 0 Å². The van der Waals surface area contributed by atoms with Crippen LogP contribution in [-0.4, -0.2) is 60.9 Å². The molecule has 3 rings (SSSR count). The molecule has 2 aromatic carbocycles. The number of halogens is 1. The van der Waals surface area contributed by atoms with E-state index in [9.17, 15) is 14.0 Å². The van der Waals surface area contributed by atoms with Crippen molar-refractivity contribution in [1.29, 1.82) is 0 Å². The molecule has 2 aromatic rings. The monoisotopic (exact) mass is 440 g/mol. The van der Waals surface area contributed by atoms with Crippen LogP contribution in [0.3, 0.4) is 0 Å². The van der Waals surface area contributed by atoms with Crippen molar-refractivity contribution in [3.8, 4) is 0 Å². The smallest absolute Gasteiger partial charge is 0.254 e. The molecule has 1 heterocycles. The van der Waals surface area contributed by atoms with E-state index in [1.807, 2.05) is 26.0 Å². The summed E-state index contributed by atoms with van der Waals surface area (Å²) >= 11 is 0. The minimum Gasteiger partial charge on any atom is -0.350 e. The predicted molar refractivity (Wildman–Crippen MR) is 124 cm³/mol. The molecule has 7 heteroatoms. The fourth-order valence-corrected chi connectivity index (χ4v) is 3.80. The van der Waals surface area contributed by atoms with Crippen LogP contribution < -0.4 is 10.6 Å².